The first-order chi connectivity index (χ1) is 16.6. The summed E-state index contributed by atoms with van der Waals surface area (Å²) >= 11 is 6.22. The fourth-order valence-electron chi connectivity index (χ4n) is 4.32. The normalized spacial score (nSPS) is 11.2. The second-order valence-corrected chi connectivity index (χ2v) is 9.61. The number of fused-ring (bicyclic) bond motifs is 1. The van der Waals surface area contributed by atoms with Crippen molar-refractivity contribution in [3.8, 4) is 11.6 Å². The number of benzene rings is 2. The largest absolute Gasteiger partial charge is 0.494 e. The van der Waals surface area contributed by atoms with E-state index in [1.165, 1.54) is 5.56 Å². The average molecular weight is 491 g/mol. The number of halogens is 1. The van der Waals surface area contributed by atoms with Gasteiger partial charge < -0.3 is 10.1 Å². The van der Waals surface area contributed by atoms with E-state index < -0.39 is 0 Å². The molecule has 4 rings (SSSR count). The fourth-order valence-corrected chi connectivity index (χ4v) is 4.43. The highest BCUT2D eigenvalue weighted by atomic mass is 35.5. The van der Waals surface area contributed by atoms with Crippen LogP contribution in [0, 0.1) is 41.5 Å². The standard InChI is InChI=1S/C28H31ClN4O2/c1-16-10-20(5)28-23(11-16)17(2)14-24(31-28)33-25(15-21(6)32-33)30-26(34)8-7-9-35-22-12-18(3)27(29)19(4)13-22/h10-15H,7-9H2,1-6H3,(H,30,34). The lowest BCUT2D eigenvalue weighted by atomic mass is 10.0. The number of nitrogens with zero attached hydrogens (tertiary/aromatic N) is 3. The third kappa shape index (κ3) is 5.49. The van der Waals surface area contributed by atoms with Crippen molar-refractivity contribution < 1.29 is 9.53 Å². The van der Waals surface area contributed by atoms with Gasteiger partial charge in [-0.15, -0.1) is 0 Å². The molecule has 2 heterocycles. The molecule has 2 aromatic heterocycles. The molecule has 4 aromatic rings. The van der Waals surface area contributed by atoms with Gasteiger partial charge in [-0.2, -0.15) is 9.78 Å². The minimum absolute atomic E-state index is 0.0949. The number of ether oxygens (including phenoxy) is 1. The van der Waals surface area contributed by atoms with Crippen LogP contribution in [0.1, 0.15) is 46.4 Å². The zero-order chi connectivity index (χ0) is 25.3. The number of nitrogens with one attached hydrogen (secondary N) is 1. The number of hydrogen-bond acceptors (Lipinski definition) is 4. The molecule has 1 amide bonds. The number of aromatic nitrogens is 3. The van der Waals surface area contributed by atoms with E-state index in [-0.39, 0.29) is 5.91 Å². The molecule has 0 saturated carbocycles. The fraction of sp³-hybridized carbons (Fsp3) is 0.321. The number of amides is 1. The average Bonchev–Trinajstić information content (AvgIpc) is 3.15. The Kier molecular flexibility index (Phi) is 7.13. The molecule has 0 unspecified atom stereocenters. The molecule has 0 saturated heterocycles. The van der Waals surface area contributed by atoms with E-state index in [9.17, 15) is 4.79 Å². The Morgan fingerprint density at radius 3 is 2.37 bits per heavy atom. The number of pyridine rings is 1. The maximum Gasteiger partial charge on any atom is 0.225 e. The zero-order valence-electron chi connectivity index (χ0n) is 21.1. The van der Waals surface area contributed by atoms with E-state index >= 15 is 0 Å². The number of carbonyl (C=O) groups excluding carboxylic acids is 1. The summed E-state index contributed by atoms with van der Waals surface area (Å²) in [6, 6.07) is 12.0. The lowest BCUT2D eigenvalue weighted by Gasteiger charge is -2.13. The Morgan fingerprint density at radius 2 is 1.66 bits per heavy atom. The van der Waals surface area contributed by atoms with Gasteiger partial charge in [0, 0.05) is 22.9 Å². The van der Waals surface area contributed by atoms with Crippen molar-refractivity contribution in [1.82, 2.24) is 14.8 Å². The third-order valence-electron chi connectivity index (χ3n) is 5.98. The molecule has 0 fully saturated rings. The molecular weight excluding hydrogens is 460 g/mol. The summed E-state index contributed by atoms with van der Waals surface area (Å²) in [5.74, 6) is 1.96. The highest BCUT2D eigenvalue weighted by molar-refractivity contribution is 6.32. The minimum atomic E-state index is -0.0949. The van der Waals surface area contributed by atoms with Crippen molar-refractivity contribution in [2.75, 3.05) is 11.9 Å². The van der Waals surface area contributed by atoms with E-state index in [1.54, 1.807) is 4.68 Å². The smallest absolute Gasteiger partial charge is 0.225 e. The van der Waals surface area contributed by atoms with Crippen molar-refractivity contribution in [2.45, 2.75) is 54.4 Å². The van der Waals surface area contributed by atoms with Crippen molar-refractivity contribution in [2.24, 2.45) is 0 Å². The molecule has 2 aromatic carbocycles. The van der Waals surface area contributed by atoms with Crippen LogP contribution < -0.4 is 10.1 Å². The summed E-state index contributed by atoms with van der Waals surface area (Å²) in [5.41, 5.74) is 7.15. The highest BCUT2D eigenvalue weighted by Gasteiger charge is 2.15. The lowest BCUT2D eigenvalue weighted by Crippen LogP contribution is -2.16. The summed E-state index contributed by atoms with van der Waals surface area (Å²) in [6.45, 7) is 12.5. The van der Waals surface area contributed by atoms with E-state index in [0.29, 0.717) is 31.1 Å². The van der Waals surface area contributed by atoms with Gasteiger partial charge in [0.25, 0.3) is 0 Å². The Labute approximate surface area is 211 Å². The summed E-state index contributed by atoms with van der Waals surface area (Å²) < 4.78 is 7.53. The molecule has 0 radical (unpaired) electrons. The van der Waals surface area contributed by atoms with Crippen molar-refractivity contribution >= 4 is 34.2 Å². The molecule has 35 heavy (non-hydrogen) atoms. The highest BCUT2D eigenvalue weighted by Crippen LogP contribution is 2.27. The van der Waals surface area contributed by atoms with Crippen LogP contribution in [0.25, 0.3) is 16.7 Å². The van der Waals surface area contributed by atoms with Gasteiger partial charge in [-0.1, -0.05) is 23.2 Å². The van der Waals surface area contributed by atoms with Crippen molar-refractivity contribution in [1.29, 1.82) is 0 Å². The summed E-state index contributed by atoms with van der Waals surface area (Å²) in [7, 11) is 0. The van der Waals surface area contributed by atoms with Crippen LogP contribution in [0.2, 0.25) is 5.02 Å². The van der Waals surface area contributed by atoms with Gasteiger partial charge in [0.15, 0.2) is 5.82 Å². The van der Waals surface area contributed by atoms with Gasteiger partial charge in [0.05, 0.1) is 17.8 Å². The molecule has 1 N–H and O–H groups in total. The second kappa shape index (κ2) is 10.1. The van der Waals surface area contributed by atoms with Gasteiger partial charge in [-0.05, 0) is 94.5 Å². The van der Waals surface area contributed by atoms with Crippen LogP contribution in [0.4, 0.5) is 5.82 Å². The molecule has 6 nitrogen and oxygen atoms in total. The molecule has 0 atom stereocenters. The van der Waals surface area contributed by atoms with E-state index in [4.69, 9.17) is 21.3 Å². The molecule has 0 aliphatic carbocycles. The first kappa shape index (κ1) is 24.7. The predicted molar refractivity (Wildman–Crippen MR) is 142 cm³/mol. The Bertz CT molecular complexity index is 1400. The van der Waals surface area contributed by atoms with Crippen LogP contribution in [-0.4, -0.2) is 27.3 Å². The van der Waals surface area contributed by atoms with Gasteiger partial charge in [-0.25, -0.2) is 4.98 Å². The molecule has 0 aliphatic heterocycles. The lowest BCUT2D eigenvalue weighted by molar-refractivity contribution is -0.116. The van der Waals surface area contributed by atoms with Crippen molar-refractivity contribution in [3.63, 3.8) is 0 Å². The molecular formula is C28H31ClN4O2. The summed E-state index contributed by atoms with van der Waals surface area (Å²) in [4.78, 5) is 17.6. The number of aryl methyl sites for hydroxylation is 6. The van der Waals surface area contributed by atoms with Crippen LogP contribution in [0.3, 0.4) is 0 Å². The van der Waals surface area contributed by atoms with Crippen LogP contribution in [-0.2, 0) is 4.79 Å². The Balaban J connectivity index is 1.45. The summed E-state index contributed by atoms with van der Waals surface area (Å²) in [6.07, 6.45) is 0.921. The van der Waals surface area contributed by atoms with Gasteiger partial charge in [-0.3, -0.25) is 4.79 Å². The minimum Gasteiger partial charge on any atom is -0.494 e. The quantitative estimate of drug-likeness (QED) is 0.292. The maximum absolute atomic E-state index is 12.7. The zero-order valence-corrected chi connectivity index (χ0v) is 21.9. The number of anilines is 1. The number of carbonyl (C=O) groups is 1. The molecule has 0 spiro atoms. The van der Waals surface area contributed by atoms with E-state index in [0.717, 1.165) is 49.6 Å². The molecule has 7 heteroatoms. The Hall–Kier alpha value is -3.38. The van der Waals surface area contributed by atoms with Gasteiger partial charge in [0.2, 0.25) is 5.91 Å². The van der Waals surface area contributed by atoms with E-state index in [1.807, 2.05) is 45.0 Å². The second-order valence-electron chi connectivity index (χ2n) is 9.23. The number of hydrogen-bond donors (Lipinski definition) is 1. The number of rotatable bonds is 7. The Morgan fingerprint density at radius 1 is 0.943 bits per heavy atom. The first-order valence-corrected chi connectivity index (χ1v) is 12.1. The van der Waals surface area contributed by atoms with Crippen LogP contribution in [0.5, 0.6) is 5.75 Å². The topological polar surface area (TPSA) is 69.0 Å². The monoisotopic (exact) mass is 490 g/mol. The first-order valence-electron chi connectivity index (χ1n) is 11.8. The predicted octanol–water partition coefficient (Wildman–Crippen LogP) is 6.72. The summed E-state index contributed by atoms with van der Waals surface area (Å²) in [5, 5.41) is 9.47. The van der Waals surface area contributed by atoms with E-state index in [2.05, 4.69) is 43.3 Å². The van der Waals surface area contributed by atoms with Crippen molar-refractivity contribution in [3.05, 3.63) is 74.9 Å². The maximum atomic E-state index is 12.7. The molecule has 0 aliphatic rings. The molecule has 182 valence electrons. The van der Waals surface area contributed by atoms with Crippen LogP contribution >= 0.6 is 11.6 Å². The third-order valence-corrected chi connectivity index (χ3v) is 6.58. The van der Waals surface area contributed by atoms with Gasteiger partial charge in [0.1, 0.15) is 11.6 Å². The SMILES string of the molecule is Cc1cc(C)c2nc(-n3nc(C)cc3NC(=O)CCCOc3cc(C)c(Cl)c(C)c3)cc(C)c2c1. The van der Waals surface area contributed by atoms with Gasteiger partial charge >= 0.3 is 0 Å². The van der Waals surface area contributed by atoms with Crippen LogP contribution in [0.15, 0.2) is 36.4 Å². The molecule has 0 bridgehead atoms.